The maximum absolute atomic E-state index is 13.1. The van der Waals surface area contributed by atoms with Crippen LogP contribution in [0.15, 0.2) is 41.1 Å². The first-order chi connectivity index (χ1) is 8.63. The van der Waals surface area contributed by atoms with Gasteiger partial charge in [0, 0.05) is 5.56 Å². The molecule has 0 N–H and O–H groups in total. The third-order valence-corrected chi connectivity index (χ3v) is 3.18. The minimum Gasteiger partial charge on any atom is -0.220 e. The quantitative estimate of drug-likeness (QED) is 0.678. The average molecular weight is 327 g/mol. The Morgan fingerprint density at radius 1 is 1.22 bits per heavy atom. The minimum atomic E-state index is -0.438. The molecule has 0 aliphatic heterocycles. The van der Waals surface area contributed by atoms with Gasteiger partial charge in [0.25, 0.3) is 0 Å². The van der Waals surface area contributed by atoms with Crippen LogP contribution in [-0.2, 0) is 0 Å². The Morgan fingerprint density at radius 3 is 2.83 bits per heavy atom. The van der Waals surface area contributed by atoms with Gasteiger partial charge in [0.2, 0.25) is 0 Å². The van der Waals surface area contributed by atoms with Crippen LogP contribution in [0.4, 0.5) is 4.39 Å². The summed E-state index contributed by atoms with van der Waals surface area (Å²) in [7, 11) is 0. The van der Waals surface area contributed by atoms with Crippen molar-refractivity contribution in [3.05, 3.63) is 52.0 Å². The third-order valence-electron chi connectivity index (χ3n) is 2.51. The maximum atomic E-state index is 13.1. The smallest absolute Gasteiger partial charge is 0.154 e. The SMILES string of the molecule is Fc1ccc(-c2ccc3nc(Br)cn3n2)cc1Cl. The molecule has 0 spiro atoms. The van der Waals surface area contributed by atoms with E-state index >= 15 is 0 Å². The Bertz CT molecular complexity index is 741. The lowest BCUT2D eigenvalue weighted by Crippen LogP contribution is -1.93. The Kier molecular flexibility index (Phi) is 2.80. The zero-order valence-electron chi connectivity index (χ0n) is 8.94. The molecule has 0 aliphatic rings. The van der Waals surface area contributed by atoms with E-state index in [0.717, 1.165) is 11.2 Å². The molecule has 0 saturated carbocycles. The van der Waals surface area contributed by atoms with Crippen molar-refractivity contribution in [1.29, 1.82) is 0 Å². The van der Waals surface area contributed by atoms with Crippen LogP contribution in [0.1, 0.15) is 0 Å². The highest BCUT2D eigenvalue weighted by Crippen LogP contribution is 2.23. The normalized spacial score (nSPS) is 11.1. The monoisotopic (exact) mass is 325 g/mol. The van der Waals surface area contributed by atoms with Crippen LogP contribution in [0, 0.1) is 5.82 Å². The van der Waals surface area contributed by atoms with Crippen molar-refractivity contribution < 1.29 is 4.39 Å². The molecule has 0 fully saturated rings. The zero-order valence-corrected chi connectivity index (χ0v) is 11.3. The molecule has 0 radical (unpaired) electrons. The van der Waals surface area contributed by atoms with Crippen LogP contribution in [0.25, 0.3) is 16.9 Å². The summed E-state index contributed by atoms with van der Waals surface area (Å²) in [4.78, 5) is 4.21. The number of fused-ring (bicyclic) bond motifs is 1. The zero-order chi connectivity index (χ0) is 12.7. The van der Waals surface area contributed by atoms with Crippen molar-refractivity contribution >= 4 is 33.2 Å². The fourth-order valence-electron chi connectivity index (χ4n) is 1.66. The fourth-order valence-corrected chi connectivity index (χ4v) is 2.22. The van der Waals surface area contributed by atoms with Gasteiger partial charge in [0.15, 0.2) is 5.65 Å². The first-order valence-corrected chi connectivity index (χ1v) is 6.28. The highest BCUT2D eigenvalue weighted by molar-refractivity contribution is 9.10. The van der Waals surface area contributed by atoms with E-state index in [2.05, 4.69) is 26.0 Å². The van der Waals surface area contributed by atoms with Crippen LogP contribution in [-0.4, -0.2) is 14.6 Å². The largest absolute Gasteiger partial charge is 0.220 e. The Balaban J connectivity index is 2.15. The molecule has 1 aromatic carbocycles. The first-order valence-electron chi connectivity index (χ1n) is 5.11. The van der Waals surface area contributed by atoms with Crippen molar-refractivity contribution in [2.45, 2.75) is 0 Å². The molecule has 2 heterocycles. The number of hydrogen-bond donors (Lipinski definition) is 0. The summed E-state index contributed by atoms with van der Waals surface area (Å²) in [6.07, 6.45) is 1.75. The highest BCUT2D eigenvalue weighted by atomic mass is 79.9. The van der Waals surface area contributed by atoms with E-state index in [1.54, 1.807) is 22.8 Å². The van der Waals surface area contributed by atoms with Gasteiger partial charge in [0.1, 0.15) is 10.4 Å². The van der Waals surface area contributed by atoms with Gasteiger partial charge in [-0.15, -0.1) is 0 Å². The number of aromatic nitrogens is 3. The van der Waals surface area contributed by atoms with Gasteiger partial charge in [-0.2, -0.15) is 5.10 Å². The minimum absolute atomic E-state index is 0.0845. The number of halogens is 3. The van der Waals surface area contributed by atoms with Gasteiger partial charge < -0.3 is 0 Å². The molecule has 3 rings (SSSR count). The summed E-state index contributed by atoms with van der Waals surface area (Å²) in [6.45, 7) is 0. The second-order valence-electron chi connectivity index (χ2n) is 3.71. The molecule has 90 valence electrons. The molecule has 0 saturated heterocycles. The molecule has 3 nitrogen and oxygen atoms in total. The Labute approximate surface area is 115 Å². The van der Waals surface area contributed by atoms with E-state index < -0.39 is 5.82 Å². The molecule has 0 unspecified atom stereocenters. The van der Waals surface area contributed by atoms with Crippen LogP contribution >= 0.6 is 27.5 Å². The van der Waals surface area contributed by atoms with Crippen LogP contribution in [0.3, 0.4) is 0 Å². The summed E-state index contributed by atoms with van der Waals surface area (Å²) in [5, 5.41) is 4.46. The molecule has 0 bridgehead atoms. The summed E-state index contributed by atoms with van der Waals surface area (Å²) in [6, 6.07) is 8.18. The van der Waals surface area contributed by atoms with E-state index in [-0.39, 0.29) is 5.02 Å². The first kappa shape index (κ1) is 11.6. The lowest BCUT2D eigenvalue weighted by Gasteiger charge is -2.02. The molecule has 0 aliphatic carbocycles. The van der Waals surface area contributed by atoms with E-state index in [1.807, 2.05) is 12.1 Å². The predicted molar refractivity (Wildman–Crippen MR) is 71.1 cm³/mol. The molecule has 18 heavy (non-hydrogen) atoms. The van der Waals surface area contributed by atoms with E-state index in [4.69, 9.17) is 11.6 Å². The molecular weight excluding hydrogens is 321 g/mol. The number of benzene rings is 1. The molecule has 6 heteroatoms. The van der Waals surface area contributed by atoms with Crippen LogP contribution in [0.2, 0.25) is 5.02 Å². The second-order valence-corrected chi connectivity index (χ2v) is 4.93. The van der Waals surface area contributed by atoms with Gasteiger partial charge >= 0.3 is 0 Å². The van der Waals surface area contributed by atoms with Crippen molar-refractivity contribution in [3.8, 4) is 11.3 Å². The third kappa shape index (κ3) is 2.00. The highest BCUT2D eigenvalue weighted by Gasteiger charge is 2.06. The van der Waals surface area contributed by atoms with Crippen molar-refractivity contribution in [2.75, 3.05) is 0 Å². The van der Waals surface area contributed by atoms with Crippen molar-refractivity contribution in [1.82, 2.24) is 14.6 Å². The van der Waals surface area contributed by atoms with Gasteiger partial charge in [0.05, 0.1) is 16.9 Å². The summed E-state index contributed by atoms with van der Waals surface area (Å²) in [5.41, 5.74) is 2.20. The van der Waals surface area contributed by atoms with Gasteiger partial charge in [-0.1, -0.05) is 11.6 Å². The molecule has 3 aromatic rings. The fraction of sp³-hybridized carbons (Fsp3) is 0. The van der Waals surface area contributed by atoms with Gasteiger partial charge in [-0.25, -0.2) is 13.9 Å². The topological polar surface area (TPSA) is 30.2 Å². The molecule has 0 atom stereocenters. The number of imidazole rings is 1. The molecule has 0 amide bonds. The summed E-state index contributed by atoms with van der Waals surface area (Å²) < 4.78 is 15.5. The second kappa shape index (κ2) is 4.33. The number of hydrogen-bond acceptors (Lipinski definition) is 2. The van der Waals surface area contributed by atoms with E-state index in [1.165, 1.54) is 6.07 Å². The Morgan fingerprint density at radius 2 is 2.06 bits per heavy atom. The van der Waals surface area contributed by atoms with Crippen molar-refractivity contribution in [3.63, 3.8) is 0 Å². The summed E-state index contributed by atoms with van der Waals surface area (Å²) in [5.74, 6) is -0.438. The number of nitrogens with zero attached hydrogens (tertiary/aromatic N) is 3. The lowest BCUT2D eigenvalue weighted by molar-refractivity contribution is 0.628. The molecular formula is C12H6BrClFN3. The van der Waals surface area contributed by atoms with Crippen molar-refractivity contribution in [2.24, 2.45) is 0 Å². The van der Waals surface area contributed by atoms with Gasteiger partial charge in [-0.05, 0) is 46.3 Å². The Hall–Kier alpha value is -1.46. The lowest BCUT2D eigenvalue weighted by atomic mass is 10.1. The van der Waals surface area contributed by atoms with E-state index in [9.17, 15) is 4.39 Å². The van der Waals surface area contributed by atoms with E-state index in [0.29, 0.717) is 10.3 Å². The molecule has 2 aromatic heterocycles. The maximum Gasteiger partial charge on any atom is 0.154 e. The van der Waals surface area contributed by atoms with Crippen LogP contribution in [0.5, 0.6) is 0 Å². The summed E-state index contributed by atoms with van der Waals surface area (Å²) >= 11 is 9.04. The van der Waals surface area contributed by atoms with Crippen LogP contribution < -0.4 is 0 Å². The average Bonchev–Trinajstić information content (AvgIpc) is 2.71. The standard InChI is InChI=1S/C12H6BrClFN3/c13-11-6-18-12(16-11)4-3-10(17-18)7-1-2-9(15)8(14)5-7/h1-6H. The predicted octanol–water partition coefficient (Wildman–Crippen LogP) is 3.95. The van der Waals surface area contributed by atoms with Gasteiger partial charge in [-0.3, -0.25) is 0 Å². The number of rotatable bonds is 1.